The predicted octanol–water partition coefficient (Wildman–Crippen LogP) is 5.02. The molecule has 8 nitrogen and oxygen atoms in total. The number of carboxylic acid groups (broad SMARTS) is 1. The van der Waals surface area contributed by atoms with Gasteiger partial charge in [0.2, 0.25) is 11.9 Å². The van der Waals surface area contributed by atoms with Crippen LogP contribution in [0.2, 0.25) is 0 Å². The minimum absolute atomic E-state index is 0.103. The zero-order valence-electron chi connectivity index (χ0n) is 18.1. The Hall–Kier alpha value is -3.30. The summed E-state index contributed by atoms with van der Waals surface area (Å²) in [6.45, 7) is 0. The third-order valence-electron chi connectivity index (χ3n) is 6.73. The normalized spacial score (nSPS) is 21.4. The van der Waals surface area contributed by atoms with Crippen LogP contribution in [0.25, 0.3) is 11.2 Å². The van der Waals surface area contributed by atoms with E-state index < -0.39 is 17.6 Å². The number of nitrogens with one attached hydrogen (secondary N) is 2. The zero-order valence-corrected chi connectivity index (χ0v) is 18.1. The van der Waals surface area contributed by atoms with E-state index in [2.05, 4.69) is 20.6 Å². The summed E-state index contributed by atoms with van der Waals surface area (Å²) in [4.78, 5) is 24.8. The first-order chi connectivity index (χ1) is 16.0. The Morgan fingerprint density at radius 2 is 1.73 bits per heavy atom. The summed E-state index contributed by atoms with van der Waals surface area (Å²) in [6.07, 6.45) is 8.34. The lowest BCUT2D eigenvalue weighted by Gasteiger charge is -2.26. The van der Waals surface area contributed by atoms with Gasteiger partial charge in [-0.15, -0.1) is 0 Å². The van der Waals surface area contributed by atoms with E-state index in [-0.39, 0.29) is 23.7 Å². The number of carboxylic acids is 1. The predicted molar refractivity (Wildman–Crippen MR) is 119 cm³/mol. The number of carbonyl (C=O) groups is 1. The van der Waals surface area contributed by atoms with Crippen LogP contribution in [-0.4, -0.2) is 36.6 Å². The number of nitrogens with zero attached hydrogens (tertiary/aromatic N) is 4. The molecule has 2 fully saturated rings. The molecule has 0 spiro atoms. The summed E-state index contributed by atoms with van der Waals surface area (Å²) in [5.74, 6) is -1.62. The van der Waals surface area contributed by atoms with Crippen LogP contribution in [0.1, 0.15) is 57.4 Å². The minimum Gasteiger partial charge on any atom is -0.481 e. The number of para-hydroxylation sites is 1. The Morgan fingerprint density at radius 3 is 2.39 bits per heavy atom. The van der Waals surface area contributed by atoms with Gasteiger partial charge in [-0.1, -0.05) is 18.9 Å². The van der Waals surface area contributed by atoms with E-state index in [0.717, 1.165) is 38.5 Å². The molecule has 174 valence electrons. The van der Waals surface area contributed by atoms with Crippen molar-refractivity contribution in [3.8, 4) is 0 Å². The summed E-state index contributed by atoms with van der Waals surface area (Å²) < 4.78 is 30.5. The number of benzene rings is 1. The molecule has 0 saturated heterocycles. The van der Waals surface area contributed by atoms with Crippen LogP contribution in [0.3, 0.4) is 0 Å². The highest BCUT2D eigenvalue weighted by Gasteiger charge is 2.28. The van der Waals surface area contributed by atoms with Gasteiger partial charge < -0.3 is 15.7 Å². The van der Waals surface area contributed by atoms with Crippen molar-refractivity contribution < 1.29 is 18.7 Å². The monoisotopic (exact) mass is 456 g/mol. The third kappa shape index (κ3) is 4.34. The van der Waals surface area contributed by atoms with Gasteiger partial charge in [-0.05, 0) is 50.7 Å². The molecule has 10 heteroatoms. The molecule has 3 N–H and O–H groups in total. The molecular weight excluding hydrogens is 430 g/mol. The molecule has 3 aromatic rings. The standard InChI is InChI=1S/C23H26F2N6O2/c24-16-6-3-7-17(25)19(16)29-23-28-18-12-26-22(27-14-10-8-13(9-11-14)21(32)33)30-20(18)31(23)15-4-1-2-5-15/h3,6-7,12-15H,1-2,4-5,8-11H2,(H,28,29)(H,32,33)(H,26,27,30). The van der Waals surface area contributed by atoms with Gasteiger partial charge >= 0.3 is 5.97 Å². The summed E-state index contributed by atoms with van der Waals surface area (Å²) in [6, 6.07) is 3.96. The van der Waals surface area contributed by atoms with Crippen LogP contribution in [-0.2, 0) is 4.79 Å². The number of rotatable bonds is 6. The maximum Gasteiger partial charge on any atom is 0.306 e. The lowest BCUT2D eigenvalue weighted by molar-refractivity contribution is -0.142. The van der Waals surface area contributed by atoms with E-state index in [0.29, 0.717) is 35.9 Å². The van der Waals surface area contributed by atoms with Crippen molar-refractivity contribution in [3.05, 3.63) is 36.0 Å². The first kappa shape index (κ1) is 21.5. The van der Waals surface area contributed by atoms with Gasteiger partial charge in [-0.25, -0.2) is 18.7 Å². The lowest BCUT2D eigenvalue weighted by atomic mass is 9.86. The van der Waals surface area contributed by atoms with E-state index in [1.807, 2.05) is 4.57 Å². The molecule has 2 saturated carbocycles. The van der Waals surface area contributed by atoms with Gasteiger partial charge in [-0.3, -0.25) is 9.36 Å². The third-order valence-corrected chi connectivity index (χ3v) is 6.73. The van der Waals surface area contributed by atoms with E-state index in [1.54, 1.807) is 6.20 Å². The van der Waals surface area contributed by atoms with Gasteiger partial charge in [0, 0.05) is 12.1 Å². The van der Waals surface area contributed by atoms with E-state index in [4.69, 9.17) is 4.98 Å². The summed E-state index contributed by atoms with van der Waals surface area (Å²) in [5, 5.41) is 15.4. The lowest BCUT2D eigenvalue weighted by Crippen LogP contribution is -2.29. The Labute approximate surface area is 189 Å². The first-order valence-electron chi connectivity index (χ1n) is 11.4. The molecule has 2 aliphatic carbocycles. The smallest absolute Gasteiger partial charge is 0.306 e. The van der Waals surface area contributed by atoms with E-state index >= 15 is 0 Å². The maximum absolute atomic E-state index is 14.3. The number of aliphatic carboxylic acids is 1. The molecule has 0 amide bonds. The van der Waals surface area contributed by atoms with Crippen LogP contribution < -0.4 is 10.6 Å². The molecule has 1 aromatic carbocycles. The molecule has 2 aliphatic rings. The Kier molecular flexibility index (Phi) is 5.82. The van der Waals surface area contributed by atoms with Crippen molar-refractivity contribution in [3.63, 3.8) is 0 Å². The molecule has 0 aliphatic heterocycles. The molecule has 5 rings (SSSR count). The summed E-state index contributed by atoms with van der Waals surface area (Å²) in [7, 11) is 0. The molecule has 0 unspecified atom stereocenters. The highest BCUT2D eigenvalue weighted by Crippen LogP contribution is 2.36. The fourth-order valence-electron chi connectivity index (χ4n) is 4.95. The highest BCUT2D eigenvalue weighted by atomic mass is 19.1. The molecule has 2 aromatic heterocycles. The average molecular weight is 456 g/mol. The van der Waals surface area contributed by atoms with Crippen LogP contribution in [0, 0.1) is 17.6 Å². The van der Waals surface area contributed by atoms with Crippen molar-refractivity contribution in [2.75, 3.05) is 10.6 Å². The van der Waals surface area contributed by atoms with Crippen molar-refractivity contribution >= 4 is 34.7 Å². The largest absolute Gasteiger partial charge is 0.481 e. The minimum atomic E-state index is -0.738. The van der Waals surface area contributed by atoms with Crippen molar-refractivity contribution in [1.29, 1.82) is 0 Å². The molecule has 0 atom stereocenters. The number of imidazole rings is 1. The average Bonchev–Trinajstić information content (AvgIpc) is 3.44. The maximum atomic E-state index is 14.3. The fraction of sp³-hybridized carbons (Fsp3) is 0.478. The zero-order chi connectivity index (χ0) is 22.9. The van der Waals surface area contributed by atoms with Gasteiger partial charge in [0.25, 0.3) is 0 Å². The Morgan fingerprint density at radius 1 is 1.03 bits per heavy atom. The van der Waals surface area contributed by atoms with E-state index in [1.165, 1.54) is 18.2 Å². The molecular formula is C23H26F2N6O2. The van der Waals surface area contributed by atoms with Crippen LogP contribution in [0.15, 0.2) is 24.4 Å². The number of aromatic nitrogens is 4. The van der Waals surface area contributed by atoms with Gasteiger partial charge in [0.15, 0.2) is 5.65 Å². The Balaban J connectivity index is 1.45. The summed E-state index contributed by atoms with van der Waals surface area (Å²) >= 11 is 0. The van der Waals surface area contributed by atoms with E-state index in [9.17, 15) is 18.7 Å². The second-order valence-corrected chi connectivity index (χ2v) is 8.90. The molecule has 2 heterocycles. The fourth-order valence-corrected chi connectivity index (χ4v) is 4.95. The van der Waals surface area contributed by atoms with Crippen molar-refractivity contribution in [2.45, 2.75) is 63.5 Å². The van der Waals surface area contributed by atoms with Crippen molar-refractivity contribution in [1.82, 2.24) is 19.5 Å². The quantitative estimate of drug-likeness (QED) is 0.478. The highest BCUT2D eigenvalue weighted by molar-refractivity contribution is 5.77. The Bertz CT molecular complexity index is 1150. The SMILES string of the molecule is O=C(O)C1CCC(Nc2ncc3nc(Nc4c(F)cccc4F)n(C4CCCC4)c3n2)CC1. The van der Waals surface area contributed by atoms with Crippen LogP contribution in [0.5, 0.6) is 0 Å². The number of halogens is 2. The molecule has 0 bridgehead atoms. The van der Waals surface area contributed by atoms with Crippen molar-refractivity contribution in [2.24, 2.45) is 5.92 Å². The molecule has 0 radical (unpaired) electrons. The van der Waals surface area contributed by atoms with Gasteiger partial charge in [0.05, 0.1) is 12.1 Å². The molecule has 33 heavy (non-hydrogen) atoms. The van der Waals surface area contributed by atoms with Crippen LogP contribution >= 0.6 is 0 Å². The van der Waals surface area contributed by atoms with Gasteiger partial charge in [0.1, 0.15) is 22.8 Å². The number of fused-ring (bicyclic) bond motifs is 1. The second-order valence-electron chi connectivity index (χ2n) is 8.90. The number of hydrogen-bond donors (Lipinski definition) is 3. The second kappa shape index (κ2) is 8.92. The first-order valence-corrected chi connectivity index (χ1v) is 11.4. The number of hydrogen-bond acceptors (Lipinski definition) is 6. The van der Waals surface area contributed by atoms with Gasteiger partial charge in [-0.2, -0.15) is 4.98 Å². The van der Waals surface area contributed by atoms with Crippen LogP contribution in [0.4, 0.5) is 26.4 Å². The number of anilines is 3. The topological polar surface area (TPSA) is 105 Å². The summed E-state index contributed by atoms with van der Waals surface area (Å²) in [5.41, 5.74) is 0.910.